The lowest BCUT2D eigenvalue weighted by atomic mass is 9.98. The number of rotatable bonds is 1. The van der Waals surface area contributed by atoms with E-state index in [1.54, 1.807) is 6.08 Å². The third-order valence-corrected chi connectivity index (χ3v) is 2.84. The Kier molecular flexibility index (Phi) is 2.63. The first-order chi connectivity index (χ1) is 7.09. The number of fused-ring (bicyclic) bond motifs is 1. The van der Waals surface area contributed by atoms with Gasteiger partial charge in [-0.2, -0.15) is 0 Å². The molecule has 1 unspecified atom stereocenters. The van der Waals surface area contributed by atoms with Gasteiger partial charge < -0.3 is 21.8 Å². The van der Waals surface area contributed by atoms with Crippen molar-refractivity contribution in [2.24, 2.45) is 5.73 Å². The topological polar surface area (TPSA) is 79.9 Å². The van der Waals surface area contributed by atoms with Crippen molar-refractivity contribution in [2.75, 3.05) is 12.3 Å². The van der Waals surface area contributed by atoms with Crippen LogP contribution in [0.5, 0.6) is 0 Å². The van der Waals surface area contributed by atoms with Gasteiger partial charge in [0, 0.05) is 30.3 Å². The van der Waals surface area contributed by atoms with Gasteiger partial charge in [-0.25, -0.2) is 0 Å². The predicted molar refractivity (Wildman–Crippen MR) is 63.3 cm³/mol. The molecule has 15 heavy (non-hydrogen) atoms. The second-order valence-electron chi connectivity index (χ2n) is 3.80. The molecule has 1 aromatic heterocycles. The van der Waals surface area contributed by atoms with E-state index in [1.807, 2.05) is 0 Å². The standard InChI is InChI=1S/C10H15ClN4/c1-5-9-6(4-8(11)12)10(13)15-7(9)2-3-14-5/h4-5,14-15H,2-3,12-13H2,1H3/b8-4-. The van der Waals surface area contributed by atoms with E-state index in [2.05, 4.69) is 17.2 Å². The van der Waals surface area contributed by atoms with Gasteiger partial charge in [0.2, 0.25) is 0 Å². The van der Waals surface area contributed by atoms with Crippen LogP contribution in [0.15, 0.2) is 5.16 Å². The van der Waals surface area contributed by atoms with Crippen LogP contribution in [-0.2, 0) is 6.42 Å². The number of aromatic amines is 1. The van der Waals surface area contributed by atoms with E-state index in [-0.39, 0.29) is 11.2 Å². The Bertz CT molecular complexity index is 404. The fourth-order valence-electron chi connectivity index (χ4n) is 2.11. The Balaban J connectivity index is 2.54. The minimum atomic E-state index is 0.251. The van der Waals surface area contributed by atoms with Crippen molar-refractivity contribution in [3.05, 3.63) is 22.0 Å². The number of nitrogen functional groups attached to an aromatic ring is 1. The first-order valence-corrected chi connectivity index (χ1v) is 5.33. The minimum Gasteiger partial charge on any atom is -0.389 e. The summed E-state index contributed by atoms with van der Waals surface area (Å²) in [7, 11) is 0. The fourth-order valence-corrected chi connectivity index (χ4v) is 2.21. The van der Waals surface area contributed by atoms with Crippen LogP contribution in [0.3, 0.4) is 0 Å². The van der Waals surface area contributed by atoms with Crippen molar-refractivity contribution in [3.63, 3.8) is 0 Å². The van der Waals surface area contributed by atoms with E-state index >= 15 is 0 Å². The number of hydrogen-bond acceptors (Lipinski definition) is 3. The summed E-state index contributed by atoms with van der Waals surface area (Å²) >= 11 is 5.68. The lowest BCUT2D eigenvalue weighted by molar-refractivity contribution is 0.537. The average Bonchev–Trinajstić information content (AvgIpc) is 2.43. The molecule has 5 heteroatoms. The zero-order chi connectivity index (χ0) is 11.0. The van der Waals surface area contributed by atoms with Crippen LogP contribution in [0.4, 0.5) is 5.82 Å². The molecule has 0 saturated heterocycles. The molecule has 0 radical (unpaired) electrons. The summed E-state index contributed by atoms with van der Waals surface area (Å²) in [6.07, 6.45) is 2.66. The molecule has 1 aromatic rings. The molecular formula is C10H15ClN4. The lowest BCUT2D eigenvalue weighted by Crippen LogP contribution is -2.27. The van der Waals surface area contributed by atoms with Crippen molar-refractivity contribution in [3.8, 4) is 0 Å². The summed E-state index contributed by atoms with van der Waals surface area (Å²) < 4.78 is 0. The quantitative estimate of drug-likeness (QED) is 0.545. The summed E-state index contributed by atoms with van der Waals surface area (Å²) in [5.41, 5.74) is 14.6. The van der Waals surface area contributed by atoms with E-state index in [0.29, 0.717) is 5.82 Å². The highest BCUT2D eigenvalue weighted by Gasteiger charge is 2.22. The summed E-state index contributed by atoms with van der Waals surface area (Å²) in [6, 6.07) is 0.282. The Labute approximate surface area is 93.7 Å². The van der Waals surface area contributed by atoms with Crippen molar-refractivity contribution >= 4 is 23.5 Å². The molecule has 2 rings (SSSR count). The number of H-pyrrole nitrogens is 1. The summed E-state index contributed by atoms with van der Waals surface area (Å²) in [5.74, 6) is 0.638. The maximum absolute atomic E-state index is 5.89. The van der Waals surface area contributed by atoms with Crippen molar-refractivity contribution in [1.82, 2.24) is 10.3 Å². The predicted octanol–water partition coefficient (Wildman–Crippen LogP) is 1.30. The Morgan fingerprint density at radius 2 is 2.33 bits per heavy atom. The van der Waals surface area contributed by atoms with Gasteiger partial charge in [-0.05, 0) is 18.6 Å². The third-order valence-electron chi connectivity index (χ3n) is 2.73. The molecule has 0 amide bonds. The molecule has 0 fully saturated rings. The maximum atomic E-state index is 5.89. The maximum Gasteiger partial charge on any atom is 0.108 e. The van der Waals surface area contributed by atoms with Crippen LogP contribution in [0.1, 0.15) is 29.8 Å². The van der Waals surface area contributed by atoms with Crippen LogP contribution in [-0.4, -0.2) is 11.5 Å². The van der Waals surface area contributed by atoms with E-state index in [1.165, 1.54) is 11.3 Å². The molecule has 0 aliphatic carbocycles. The number of aromatic nitrogens is 1. The lowest BCUT2D eigenvalue weighted by Gasteiger charge is -2.21. The Hall–Kier alpha value is -1.13. The average molecular weight is 227 g/mol. The molecular weight excluding hydrogens is 212 g/mol. The first kappa shape index (κ1) is 10.4. The molecule has 6 N–H and O–H groups in total. The highest BCUT2D eigenvalue weighted by Crippen LogP contribution is 2.31. The normalized spacial score (nSPS) is 21.5. The smallest absolute Gasteiger partial charge is 0.108 e. The van der Waals surface area contributed by atoms with Crippen molar-refractivity contribution in [1.29, 1.82) is 0 Å². The zero-order valence-corrected chi connectivity index (χ0v) is 9.36. The second-order valence-corrected chi connectivity index (χ2v) is 4.24. The minimum absolute atomic E-state index is 0.251. The van der Waals surface area contributed by atoms with Crippen LogP contribution < -0.4 is 16.8 Å². The number of halogens is 1. The van der Waals surface area contributed by atoms with Crippen LogP contribution in [0.25, 0.3) is 6.08 Å². The van der Waals surface area contributed by atoms with Gasteiger partial charge in [0.15, 0.2) is 0 Å². The van der Waals surface area contributed by atoms with E-state index in [9.17, 15) is 0 Å². The summed E-state index contributed by atoms with van der Waals surface area (Å²) in [6.45, 7) is 3.07. The van der Waals surface area contributed by atoms with E-state index in [0.717, 1.165) is 18.5 Å². The van der Waals surface area contributed by atoms with Gasteiger partial charge in [-0.15, -0.1) is 0 Å². The van der Waals surface area contributed by atoms with Gasteiger partial charge >= 0.3 is 0 Å². The number of hydrogen-bond donors (Lipinski definition) is 4. The second kappa shape index (κ2) is 3.79. The SMILES string of the molecule is CC1NCCc2[nH]c(N)c(/C=C(\N)Cl)c21. The number of nitrogens with two attached hydrogens (primary N) is 2. The van der Waals surface area contributed by atoms with Gasteiger partial charge in [-0.1, -0.05) is 11.6 Å². The highest BCUT2D eigenvalue weighted by molar-refractivity contribution is 6.31. The highest BCUT2D eigenvalue weighted by atomic mass is 35.5. The Morgan fingerprint density at radius 3 is 3.00 bits per heavy atom. The van der Waals surface area contributed by atoms with Crippen molar-refractivity contribution < 1.29 is 0 Å². The van der Waals surface area contributed by atoms with E-state index in [4.69, 9.17) is 23.1 Å². The monoisotopic (exact) mass is 226 g/mol. The molecule has 1 atom stereocenters. The molecule has 1 aliphatic heterocycles. The summed E-state index contributed by atoms with van der Waals surface area (Å²) in [4.78, 5) is 3.18. The third kappa shape index (κ3) is 1.82. The zero-order valence-electron chi connectivity index (χ0n) is 8.60. The summed E-state index contributed by atoms with van der Waals surface area (Å²) in [5, 5.41) is 3.63. The van der Waals surface area contributed by atoms with Gasteiger partial charge in [0.05, 0.1) is 5.16 Å². The molecule has 0 spiro atoms. The van der Waals surface area contributed by atoms with Gasteiger partial charge in [0.1, 0.15) is 5.82 Å². The molecule has 2 heterocycles. The van der Waals surface area contributed by atoms with Gasteiger partial charge in [0.25, 0.3) is 0 Å². The molecule has 82 valence electrons. The molecule has 0 bridgehead atoms. The van der Waals surface area contributed by atoms with Crippen LogP contribution in [0.2, 0.25) is 0 Å². The van der Waals surface area contributed by atoms with Crippen molar-refractivity contribution in [2.45, 2.75) is 19.4 Å². The first-order valence-electron chi connectivity index (χ1n) is 4.96. The molecule has 0 aromatic carbocycles. The van der Waals surface area contributed by atoms with Crippen LogP contribution in [0, 0.1) is 0 Å². The number of anilines is 1. The molecule has 4 nitrogen and oxygen atoms in total. The fraction of sp³-hybridized carbons (Fsp3) is 0.400. The molecule has 0 saturated carbocycles. The largest absolute Gasteiger partial charge is 0.389 e. The Morgan fingerprint density at radius 1 is 1.60 bits per heavy atom. The van der Waals surface area contributed by atoms with E-state index < -0.39 is 0 Å². The number of nitrogens with one attached hydrogen (secondary N) is 2. The van der Waals surface area contributed by atoms with Gasteiger partial charge in [-0.3, -0.25) is 0 Å². The molecule has 1 aliphatic rings. The van der Waals surface area contributed by atoms with Crippen LogP contribution >= 0.6 is 11.6 Å².